The maximum Gasteiger partial charge on any atom is 0.330 e. The number of hydrogen-bond donors (Lipinski definition) is 3. The van der Waals surface area contributed by atoms with Crippen LogP contribution in [0.15, 0.2) is 101 Å². The zero-order valence-electron chi connectivity index (χ0n) is 38.9. The number of nitrogens with one attached hydrogen (secondary N) is 3. The van der Waals surface area contributed by atoms with Gasteiger partial charge in [-0.05, 0) is 88.8 Å². The fraction of sp³-hybridized carbons (Fsp3) is 0.462. The number of ether oxygens (including phenoxy) is 2. The molecule has 0 bridgehead atoms. The molecule has 3 aliphatic rings. The minimum Gasteiger partial charge on any atom is -0.338 e. The van der Waals surface area contributed by atoms with Crippen molar-refractivity contribution >= 4 is 20.6 Å². The lowest BCUT2D eigenvalue weighted by atomic mass is 9.79. The number of benzene rings is 3. The van der Waals surface area contributed by atoms with Gasteiger partial charge in [0, 0.05) is 50.6 Å². The summed E-state index contributed by atoms with van der Waals surface area (Å²) in [7, 11) is -1.78. The Morgan fingerprint density at radius 2 is 1.55 bits per heavy atom. The van der Waals surface area contributed by atoms with E-state index in [0.29, 0.717) is 24.3 Å². The summed E-state index contributed by atoms with van der Waals surface area (Å²) < 4.78 is 31.3. The summed E-state index contributed by atoms with van der Waals surface area (Å²) in [6, 6.07) is 28.3. The molecule has 4 aromatic rings. The molecule has 2 aliphatic carbocycles. The fourth-order valence-corrected chi connectivity index (χ4v) is 11.0. The molecule has 2 heterocycles. The zero-order chi connectivity index (χ0) is 46.8. The Kier molecular flexibility index (Phi) is 16.5. The molecule has 2 fully saturated rings. The lowest BCUT2D eigenvalue weighted by molar-refractivity contribution is -0.214. The first-order chi connectivity index (χ1) is 31.9. The van der Waals surface area contributed by atoms with Gasteiger partial charge in [-0.15, -0.1) is 11.8 Å². The van der Waals surface area contributed by atoms with Gasteiger partial charge in [0.2, 0.25) is 0 Å². The third-order valence-electron chi connectivity index (χ3n) is 12.6. The van der Waals surface area contributed by atoms with Crippen LogP contribution < -0.4 is 21.9 Å². The number of nitriles is 1. The summed E-state index contributed by atoms with van der Waals surface area (Å²) in [5, 5.41) is 15.3. The number of carbonyl (C=O) groups excluding carboxylic acids is 1. The monoisotopic (exact) mass is 914 g/mol. The molecule has 2 amide bonds. The van der Waals surface area contributed by atoms with Crippen LogP contribution in [0.2, 0.25) is 0 Å². The van der Waals surface area contributed by atoms with Crippen molar-refractivity contribution in [3.8, 4) is 17.9 Å². The van der Waals surface area contributed by atoms with Crippen molar-refractivity contribution in [1.82, 2.24) is 24.9 Å². The van der Waals surface area contributed by atoms with E-state index in [1.807, 2.05) is 44.2 Å². The third kappa shape index (κ3) is 11.6. The van der Waals surface area contributed by atoms with E-state index >= 15 is 0 Å². The van der Waals surface area contributed by atoms with Crippen LogP contribution in [0.1, 0.15) is 106 Å². The number of hydrogen-bond acceptors (Lipinski definition) is 9. The SMILES string of the molecule is Cc1ccc(C(O[C@H]2O[C@@H](n3cc(/C=C/CNC(=O)NCC4[C@H]5CCC#CCC[C@@H]45)c(=O)[nH]c3=O)C[C@H]2OP(OCCC#N)N(C(C)C)C(C)C)(c2ccccc2)c2ccc(C)cc2)cc1. The smallest absolute Gasteiger partial charge is 0.330 e. The maximum absolute atomic E-state index is 13.8. The molecule has 0 spiro atoms. The van der Waals surface area contributed by atoms with Crippen molar-refractivity contribution in [1.29, 1.82) is 5.26 Å². The van der Waals surface area contributed by atoms with Crippen LogP contribution in [0.4, 0.5) is 4.79 Å². The molecule has 1 aliphatic heterocycles. The molecule has 1 saturated carbocycles. The van der Waals surface area contributed by atoms with Gasteiger partial charge in [0.05, 0.1) is 24.7 Å². The minimum absolute atomic E-state index is 0.0169. The van der Waals surface area contributed by atoms with Crippen molar-refractivity contribution in [3.63, 3.8) is 0 Å². The quantitative estimate of drug-likeness (QED) is 0.0362. The highest BCUT2D eigenvalue weighted by molar-refractivity contribution is 7.44. The van der Waals surface area contributed by atoms with E-state index in [0.717, 1.165) is 53.5 Å². The van der Waals surface area contributed by atoms with E-state index in [-0.39, 0.29) is 49.7 Å². The van der Waals surface area contributed by atoms with E-state index < -0.39 is 44.0 Å². The number of fused-ring (bicyclic) bond motifs is 1. The van der Waals surface area contributed by atoms with Crippen molar-refractivity contribution in [3.05, 3.63) is 145 Å². The summed E-state index contributed by atoms with van der Waals surface area (Å²) in [5.41, 5.74) is 2.46. The van der Waals surface area contributed by atoms with Crippen molar-refractivity contribution in [2.45, 2.75) is 116 Å². The molecule has 0 radical (unpaired) electrons. The van der Waals surface area contributed by atoms with Gasteiger partial charge in [-0.2, -0.15) is 5.26 Å². The molecular weight excluding hydrogens is 852 g/mol. The molecule has 66 heavy (non-hydrogen) atoms. The normalized spacial score (nSPS) is 22.0. The molecular formula is C52H63N6O7P. The molecule has 3 aromatic carbocycles. The first-order valence-corrected chi connectivity index (χ1v) is 24.3. The largest absolute Gasteiger partial charge is 0.338 e. The highest BCUT2D eigenvalue weighted by atomic mass is 31.2. The number of aromatic nitrogens is 2. The van der Waals surface area contributed by atoms with Crippen LogP contribution in [0.5, 0.6) is 0 Å². The second-order valence-corrected chi connectivity index (χ2v) is 19.4. The predicted octanol–water partition coefficient (Wildman–Crippen LogP) is 8.82. The third-order valence-corrected chi connectivity index (χ3v) is 14.8. The molecule has 1 saturated heterocycles. The number of amides is 2. The van der Waals surface area contributed by atoms with E-state index in [1.54, 1.807) is 12.2 Å². The summed E-state index contributed by atoms with van der Waals surface area (Å²) in [6.45, 7) is 13.3. The molecule has 1 aromatic heterocycles. The Morgan fingerprint density at radius 3 is 2.14 bits per heavy atom. The topological polar surface area (TPSA) is 160 Å². The van der Waals surface area contributed by atoms with E-state index in [4.69, 9.17) is 18.5 Å². The Labute approximate surface area is 389 Å². The van der Waals surface area contributed by atoms with Crippen molar-refractivity contribution < 1.29 is 23.3 Å². The first-order valence-electron chi connectivity index (χ1n) is 23.2. The Hall–Kier alpha value is -5.37. The second-order valence-electron chi connectivity index (χ2n) is 17.9. The average molecular weight is 915 g/mol. The summed E-state index contributed by atoms with van der Waals surface area (Å²) >= 11 is 0. The zero-order valence-corrected chi connectivity index (χ0v) is 39.8. The highest BCUT2D eigenvalue weighted by Gasteiger charge is 2.50. The highest BCUT2D eigenvalue weighted by Crippen LogP contribution is 2.53. The van der Waals surface area contributed by atoms with Crippen LogP contribution in [-0.2, 0) is 24.1 Å². The van der Waals surface area contributed by atoms with Gasteiger partial charge in [0.15, 0.2) is 6.29 Å². The van der Waals surface area contributed by atoms with Crippen LogP contribution in [-0.4, -0.2) is 64.4 Å². The number of H-pyrrole nitrogens is 1. The van der Waals surface area contributed by atoms with Gasteiger partial charge < -0.3 is 29.2 Å². The van der Waals surface area contributed by atoms with Gasteiger partial charge in [-0.3, -0.25) is 14.3 Å². The number of aromatic amines is 1. The summed E-state index contributed by atoms with van der Waals surface area (Å²) in [5.74, 6) is 8.19. The molecule has 7 rings (SSSR count). The van der Waals surface area contributed by atoms with Crippen LogP contribution in [0.3, 0.4) is 0 Å². The van der Waals surface area contributed by atoms with E-state index in [1.165, 1.54) is 10.8 Å². The van der Waals surface area contributed by atoms with Gasteiger partial charge >= 0.3 is 11.7 Å². The van der Waals surface area contributed by atoms with Gasteiger partial charge in [0.25, 0.3) is 14.1 Å². The molecule has 7 atom stereocenters. The van der Waals surface area contributed by atoms with Gasteiger partial charge in [-0.25, -0.2) is 14.3 Å². The molecule has 2 unspecified atom stereocenters. The number of rotatable bonds is 19. The molecule has 13 nitrogen and oxygen atoms in total. The number of aryl methyl sites for hydroxylation is 2. The maximum atomic E-state index is 13.8. The Morgan fingerprint density at radius 1 is 0.939 bits per heavy atom. The minimum atomic E-state index is -1.78. The van der Waals surface area contributed by atoms with E-state index in [9.17, 15) is 19.6 Å². The average Bonchev–Trinajstić information content (AvgIpc) is 3.77. The first kappa shape index (κ1) is 48.6. The van der Waals surface area contributed by atoms with Crippen LogP contribution in [0.25, 0.3) is 6.08 Å². The van der Waals surface area contributed by atoms with Crippen LogP contribution >= 0.6 is 8.53 Å². The van der Waals surface area contributed by atoms with E-state index in [2.05, 4.69) is 114 Å². The molecule has 3 N–H and O–H groups in total. The summed E-state index contributed by atoms with van der Waals surface area (Å²) in [6.07, 6.45) is 6.21. The van der Waals surface area contributed by atoms with Gasteiger partial charge in [0.1, 0.15) is 17.9 Å². The summed E-state index contributed by atoms with van der Waals surface area (Å²) in [4.78, 5) is 42.2. The molecule has 348 valence electrons. The second kappa shape index (κ2) is 22.4. The number of nitrogens with zero attached hydrogens (tertiary/aromatic N) is 3. The van der Waals surface area contributed by atoms with Crippen molar-refractivity contribution in [2.24, 2.45) is 17.8 Å². The Balaban J connectivity index is 1.19. The van der Waals surface area contributed by atoms with Gasteiger partial charge in [-0.1, -0.05) is 102 Å². The number of carbonyl (C=O) groups is 1. The van der Waals surface area contributed by atoms with Crippen molar-refractivity contribution in [2.75, 3.05) is 19.7 Å². The predicted molar refractivity (Wildman–Crippen MR) is 257 cm³/mol. The fourth-order valence-electron chi connectivity index (χ4n) is 9.30. The Bertz CT molecular complexity index is 2440. The van der Waals surface area contributed by atoms with Crippen LogP contribution in [0, 0.1) is 54.8 Å². The number of urea groups is 1. The molecule has 14 heteroatoms. The lowest BCUT2D eigenvalue weighted by Crippen LogP contribution is -2.42. The standard InChI is InChI=1S/C52H63N6O7P/c1-35(2)58(36(3)4)66(62-31-15-29-53)65-46-32-47(57-34-39(48(59)56-51(57)61)16-14-30-54-50(60)55-33-45-43-19-12-7-8-13-20-44(43)45)63-49(46)64-52(40-17-10-9-11-18-40,41-25-21-37(5)22-26-41)42-27-23-38(6)24-28-42/h9-11,14,16-18,21-28,34-36,43-47,49H,12-13,15,19-20,30-33H2,1-6H3,(H2,54,55,60)(H,56,59,61)/b16-14+/t43-,44+,45?,46-,47-,49-,66?/m1/s1. The lowest BCUT2D eigenvalue weighted by Gasteiger charge is -2.40.